The summed E-state index contributed by atoms with van der Waals surface area (Å²) in [5.41, 5.74) is 2.26. The van der Waals surface area contributed by atoms with Gasteiger partial charge in [0.2, 0.25) is 10.0 Å². The summed E-state index contributed by atoms with van der Waals surface area (Å²) in [6.45, 7) is 2.16. The first-order valence-electron chi connectivity index (χ1n) is 12.8. The van der Waals surface area contributed by atoms with Crippen LogP contribution in [0.4, 0.5) is 11.6 Å². The Kier molecular flexibility index (Phi) is 7.15. The van der Waals surface area contributed by atoms with Crippen molar-refractivity contribution in [1.29, 1.82) is 10.5 Å². The molecule has 204 valence electrons. The van der Waals surface area contributed by atoms with E-state index in [4.69, 9.17) is 15.1 Å². The molecule has 0 bridgehead atoms. The van der Waals surface area contributed by atoms with E-state index in [1.807, 2.05) is 37.4 Å². The smallest absolute Gasteiger partial charge is 0.213 e. The topological polar surface area (TPSA) is 150 Å². The highest BCUT2D eigenvalue weighted by Crippen LogP contribution is 2.45. The number of fused-ring (bicyclic) bond motifs is 1. The van der Waals surface area contributed by atoms with Gasteiger partial charge in [0.25, 0.3) is 0 Å². The molecule has 1 aliphatic heterocycles. The van der Waals surface area contributed by atoms with E-state index in [1.54, 1.807) is 43.1 Å². The average molecular weight is 557 g/mol. The van der Waals surface area contributed by atoms with Gasteiger partial charge < -0.3 is 10.1 Å². The summed E-state index contributed by atoms with van der Waals surface area (Å²) >= 11 is 0. The molecule has 12 heteroatoms. The third-order valence-electron chi connectivity index (χ3n) is 7.39. The van der Waals surface area contributed by atoms with Gasteiger partial charge in [0.15, 0.2) is 0 Å². The van der Waals surface area contributed by atoms with E-state index < -0.39 is 15.4 Å². The molecule has 5 rings (SSSR count). The summed E-state index contributed by atoms with van der Waals surface area (Å²) in [7, 11) is 0.0627. The molecule has 0 spiro atoms. The van der Waals surface area contributed by atoms with E-state index in [1.165, 1.54) is 4.31 Å². The molecule has 0 radical (unpaired) electrons. The Hall–Kier alpha value is -4.52. The van der Waals surface area contributed by atoms with Gasteiger partial charge in [-0.15, -0.1) is 0 Å². The number of nitrogens with one attached hydrogen (secondary N) is 1. The fourth-order valence-corrected chi connectivity index (χ4v) is 6.31. The molecule has 3 aromatic heterocycles. The summed E-state index contributed by atoms with van der Waals surface area (Å²) in [6.07, 6.45) is 2.43. The zero-order valence-electron chi connectivity index (χ0n) is 22.4. The predicted molar refractivity (Wildman–Crippen MR) is 150 cm³/mol. The Morgan fingerprint density at radius 3 is 2.55 bits per heavy atom. The first kappa shape index (κ1) is 27.1. The van der Waals surface area contributed by atoms with Crippen molar-refractivity contribution in [2.24, 2.45) is 7.05 Å². The summed E-state index contributed by atoms with van der Waals surface area (Å²) < 4.78 is 34.0. The lowest BCUT2D eigenvalue weighted by Gasteiger charge is -2.37. The second-order valence-corrected chi connectivity index (χ2v) is 11.8. The number of pyridine rings is 2. The Balaban J connectivity index is 1.57. The first-order chi connectivity index (χ1) is 19.2. The molecule has 0 aliphatic carbocycles. The van der Waals surface area contributed by atoms with Crippen molar-refractivity contribution in [1.82, 2.24) is 24.1 Å². The third-order valence-corrected chi connectivity index (χ3v) is 9.28. The van der Waals surface area contributed by atoms with E-state index in [-0.39, 0.29) is 18.8 Å². The summed E-state index contributed by atoms with van der Waals surface area (Å²) in [6, 6.07) is 17.1. The van der Waals surface area contributed by atoms with Crippen LogP contribution in [0, 0.1) is 22.7 Å². The number of hydrogen-bond acceptors (Lipinski definition) is 9. The van der Waals surface area contributed by atoms with Crippen molar-refractivity contribution >= 4 is 32.6 Å². The molecule has 11 nitrogen and oxygen atoms in total. The molecule has 0 unspecified atom stereocenters. The highest BCUT2D eigenvalue weighted by Gasteiger charge is 2.41. The molecule has 4 heterocycles. The van der Waals surface area contributed by atoms with E-state index in [9.17, 15) is 13.7 Å². The number of aromatic nitrogens is 4. The molecule has 0 saturated carbocycles. The number of ether oxygens (including phenoxy) is 1. The molecule has 1 saturated heterocycles. The normalized spacial score (nSPS) is 15.3. The lowest BCUT2D eigenvalue weighted by molar-refractivity contribution is 0.271. The number of benzene rings is 1. The van der Waals surface area contributed by atoms with E-state index in [2.05, 4.69) is 21.4 Å². The summed E-state index contributed by atoms with van der Waals surface area (Å²) in [5, 5.41) is 28.3. The fourth-order valence-electron chi connectivity index (χ4n) is 5.21. The van der Waals surface area contributed by atoms with Gasteiger partial charge >= 0.3 is 0 Å². The highest BCUT2D eigenvalue weighted by molar-refractivity contribution is 7.89. The SMILES string of the molecule is CCS(=O)(=O)N1CCC(C#N)(c2cccc(-c3nn(C)c4cnc(Nc5cccc(C#N)n5)cc34)c2OC)CC1. The number of para-hydroxylation sites is 1. The molecule has 40 heavy (non-hydrogen) atoms. The molecule has 1 aliphatic rings. The predicted octanol–water partition coefficient (Wildman–Crippen LogP) is 3.86. The minimum Gasteiger partial charge on any atom is -0.496 e. The number of piperidine rings is 1. The minimum absolute atomic E-state index is 0.0314. The molecule has 1 fully saturated rings. The molecule has 1 N–H and O–H groups in total. The fraction of sp³-hybridized carbons (Fsp3) is 0.321. The number of nitrogens with zero attached hydrogens (tertiary/aromatic N) is 7. The van der Waals surface area contributed by atoms with Gasteiger partial charge in [-0.3, -0.25) is 4.68 Å². The Labute approximate surface area is 232 Å². The van der Waals surface area contributed by atoms with Crippen LogP contribution in [-0.2, 0) is 22.5 Å². The van der Waals surface area contributed by atoms with Crippen molar-refractivity contribution in [3.63, 3.8) is 0 Å². The third kappa shape index (κ3) is 4.72. The van der Waals surface area contributed by atoms with Crippen molar-refractivity contribution in [3.8, 4) is 29.1 Å². The molecule has 4 aromatic rings. The molecule has 0 atom stereocenters. The number of sulfonamides is 1. The maximum absolute atomic E-state index is 12.4. The van der Waals surface area contributed by atoms with Gasteiger partial charge in [-0.2, -0.15) is 15.6 Å². The number of rotatable bonds is 7. The summed E-state index contributed by atoms with van der Waals surface area (Å²) in [4.78, 5) is 8.76. The Bertz CT molecular complexity index is 1780. The highest BCUT2D eigenvalue weighted by atomic mass is 32.2. The first-order valence-corrected chi connectivity index (χ1v) is 14.4. The van der Waals surface area contributed by atoms with Gasteiger partial charge in [-0.1, -0.05) is 18.2 Å². The van der Waals surface area contributed by atoms with Crippen LogP contribution in [0.5, 0.6) is 5.75 Å². The second kappa shape index (κ2) is 10.6. The molecule has 1 aromatic carbocycles. The standard InChI is InChI=1S/C28H28N8O3S/c1-4-40(37,38)36-13-11-28(18-30,12-14-36)22-9-6-8-20(27(22)39-3)26-21-15-25(31-17-23(21)35(2)34-26)33-24-10-5-7-19(16-29)32-24/h5-10,15,17H,4,11-14H2,1-3H3,(H,31,32,33). The van der Waals surface area contributed by atoms with Crippen LogP contribution >= 0.6 is 0 Å². The minimum atomic E-state index is -3.33. The zero-order chi connectivity index (χ0) is 28.5. The van der Waals surface area contributed by atoms with E-state index >= 15 is 0 Å². The van der Waals surface area contributed by atoms with Crippen LogP contribution in [0.25, 0.3) is 22.2 Å². The number of hydrogen-bond donors (Lipinski definition) is 1. The lowest BCUT2D eigenvalue weighted by atomic mass is 9.73. The van der Waals surface area contributed by atoms with Crippen LogP contribution < -0.4 is 10.1 Å². The quantitative estimate of drug-likeness (QED) is 0.358. The number of aryl methyl sites for hydroxylation is 1. The zero-order valence-corrected chi connectivity index (χ0v) is 23.2. The van der Waals surface area contributed by atoms with Crippen molar-refractivity contribution in [3.05, 3.63) is 59.9 Å². The molecular formula is C28H28N8O3S. The van der Waals surface area contributed by atoms with E-state index in [0.717, 1.165) is 10.9 Å². The van der Waals surface area contributed by atoms with E-state index in [0.29, 0.717) is 52.7 Å². The number of methoxy groups -OCH3 is 1. The maximum Gasteiger partial charge on any atom is 0.213 e. The van der Waals surface area contributed by atoms with Gasteiger partial charge in [0.05, 0.1) is 36.1 Å². The lowest BCUT2D eigenvalue weighted by Crippen LogP contribution is -2.45. The number of nitriles is 2. The van der Waals surface area contributed by atoms with Crippen molar-refractivity contribution in [2.75, 3.05) is 31.3 Å². The van der Waals surface area contributed by atoms with Gasteiger partial charge in [-0.25, -0.2) is 22.7 Å². The second-order valence-electron chi connectivity index (χ2n) is 9.58. The molecule has 0 amide bonds. The van der Waals surface area contributed by atoms with Crippen LogP contribution in [0.2, 0.25) is 0 Å². The maximum atomic E-state index is 12.4. The Morgan fingerprint density at radius 1 is 1.12 bits per heavy atom. The van der Waals surface area contributed by atoms with Crippen LogP contribution in [0.1, 0.15) is 31.0 Å². The Morgan fingerprint density at radius 2 is 1.88 bits per heavy atom. The van der Waals surface area contributed by atoms with Crippen LogP contribution in [0.15, 0.2) is 48.7 Å². The van der Waals surface area contributed by atoms with Crippen LogP contribution in [0.3, 0.4) is 0 Å². The van der Waals surface area contributed by atoms with Gasteiger partial charge in [0, 0.05) is 36.7 Å². The molecular weight excluding hydrogens is 528 g/mol. The van der Waals surface area contributed by atoms with Gasteiger partial charge in [0.1, 0.15) is 34.8 Å². The van der Waals surface area contributed by atoms with Crippen molar-refractivity contribution in [2.45, 2.75) is 25.2 Å². The van der Waals surface area contributed by atoms with Crippen molar-refractivity contribution < 1.29 is 13.2 Å². The monoisotopic (exact) mass is 556 g/mol. The average Bonchev–Trinajstić information content (AvgIpc) is 3.31. The largest absolute Gasteiger partial charge is 0.496 e. The number of anilines is 2. The van der Waals surface area contributed by atoms with Crippen LogP contribution in [-0.4, -0.2) is 58.4 Å². The van der Waals surface area contributed by atoms with Gasteiger partial charge in [-0.05, 0) is 44.0 Å². The summed E-state index contributed by atoms with van der Waals surface area (Å²) in [5.74, 6) is 1.58.